The van der Waals surface area contributed by atoms with Gasteiger partial charge in [0.15, 0.2) is 5.71 Å². The van der Waals surface area contributed by atoms with Crippen molar-refractivity contribution in [3.63, 3.8) is 0 Å². The van der Waals surface area contributed by atoms with E-state index in [1.807, 2.05) is 11.8 Å². The van der Waals surface area contributed by atoms with Crippen LogP contribution in [0.4, 0.5) is 5.69 Å². The molecule has 3 rings (SSSR count). The molecule has 0 bridgehead atoms. The van der Waals surface area contributed by atoms with E-state index in [1.165, 1.54) is 34.3 Å². The predicted molar refractivity (Wildman–Crippen MR) is 106 cm³/mol. The molecule has 24 heavy (non-hydrogen) atoms. The highest BCUT2D eigenvalue weighted by Crippen LogP contribution is 2.39. The van der Waals surface area contributed by atoms with E-state index in [0.717, 1.165) is 19.5 Å². The Balaban J connectivity index is 1.94. The van der Waals surface area contributed by atoms with E-state index in [0.29, 0.717) is 0 Å². The van der Waals surface area contributed by atoms with Crippen LogP contribution in [-0.4, -0.2) is 40.6 Å². The fraction of sp³-hybridized carbons (Fsp3) is 0.476. The Morgan fingerprint density at radius 1 is 1.25 bits per heavy atom. The zero-order valence-corrected chi connectivity index (χ0v) is 16.2. The van der Waals surface area contributed by atoms with Crippen molar-refractivity contribution in [2.75, 3.05) is 25.4 Å². The van der Waals surface area contributed by atoms with Gasteiger partial charge in [0.25, 0.3) is 0 Å². The second-order valence-corrected chi connectivity index (χ2v) is 8.09. The third-order valence-corrected chi connectivity index (χ3v) is 6.12. The molecule has 1 aromatic rings. The van der Waals surface area contributed by atoms with Gasteiger partial charge in [-0.3, -0.25) is 0 Å². The molecular formula is C21H29N2S+. The minimum atomic E-state index is 0.0635. The fourth-order valence-corrected chi connectivity index (χ4v) is 4.85. The maximum absolute atomic E-state index is 2.50. The second-order valence-electron chi connectivity index (χ2n) is 6.97. The molecule has 1 aromatic carbocycles. The standard InChI is InChI=1S/C21H29N2S/c1-5-14-23-18-11-8-7-10-17(18)21(3,4)19(23)12-9-13-20-22(6-2)15-16-24-20/h7-13H,5-6,14-16H2,1-4H3/q+1. The molecule has 0 atom stereocenters. The summed E-state index contributed by atoms with van der Waals surface area (Å²) in [7, 11) is 0. The summed E-state index contributed by atoms with van der Waals surface area (Å²) in [4.78, 5) is 2.46. The highest BCUT2D eigenvalue weighted by molar-refractivity contribution is 8.03. The van der Waals surface area contributed by atoms with Gasteiger partial charge in [-0.05, 0) is 26.8 Å². The third kappa shape index (κ3) is 3.06. The predicted octanol–water partition coefficient (Wildman–Crippen LogP) is 4.94. The molecule has 0 unspecified atom stereocenters. The number of fused-ring (bicyclic) bond motifs is 1. The first kappa shape index (κ1) is 17.3. The van der Waals surface area contributed by atoms with Crippen molar-refractivity contribution >= 4 is 23.2 Å². The second kappa shape index (κ2) is 7.18. The lowest BCUT2D eigenvalue weighted by Gasteiger charge is -2.16. The summed E-state index contributed by atoms with van der Waals surface area (Å²) in [5.41, 5.74) is 4.29. The number of hydrogen-bond acceptors (Lipinski definition) is 2. The van der Waals surface area contributed by atoms with Gasteiger partial charge in [-0.2, -0.15) is 4.58 Å². The average molecular weight is 342 g/mol. The molecule has 2 aliphatic rings. The highest BCUT2D eigenvalue weighted by atomic mass is 32.2. The Labute approximate surface area is 151 Å². The lowest BCUT2D eigenvalue weighted by atomic mass is 9.81. The van der Waals surface area contributed by atoms with E-state index in [9.17, 15) is 0 Å². The van der Waals surface area contributed by atoms with Crippen molar-refractivity contribution in [2.24, 2.45) is 0 Å². The summed E-state index contributed by atoms with van der Waals surface area (Å²) >= 11 is 1.97. The van der Waals surface area contributed by atoms with Crippen molar-refractivity contribution in [1.29, 1.82) is 0 Å². The molecule has 0 N–H and O–H groups in total. The molecule has 1 saturated heterocycles. The number of nitrogens with zero attached hydrogens (tertiary/aromatic N) is 2. The van der Waals surface area contributed by atoms with Crippen LogP contribution in [0.2, 0.25) is 0 Å². The van der Waals surface area contributed by atoms with Gasteiger partial charge in [0, 0.05) is 43.0 Å². The Hall–Kier alpha value is -1.48. The molecule has 0 spiro atoms. The third-order valence-electron chi connectivity index (χ3n) is 5.04. The lowest BCUT2D eigenvalue weighted by Crippen LogP contribution is -2.27. The van der Waals surface area contributed by atoms with Crippen LogP contribution in [-0.2, 0) is 5.41 Å². The van der Waals surface area contributed by atoms with E-state index < -0.39 is 0 Å². The minimum Gasteiger partial charge on any atom is -0.366 e. The van der Waals surface area contributed by atoms with Gasteiger partial charge in [-0.1, -0.05) is 31.2 Å². The molecule has 2 nitrogen and oxygen atoms in total. The summed E-state index contributed by atoms with van der Waals surface area (Å²) in [6.45, 7) is 12.5. The topological polar surface area (TPSA) is 6.25 Å². The van der Waals surface area contributed by atoms with Gasteiger partial charge >= 0.3 is 0 Å². The zero-order valence-electron chi connectivity index (χ0n) is 15.4. The molecule has 0 aliphatic carbocycles. The van der Waals surface area contributed by atoms with Gasteiger partial charge in [0.2, 0.25) is 5.69 Å². The molecule has 0 radical (unpaired) electrons. The van der Waals surface area contributed by atoms with Crippen molar-refractivity contribution in [3.05, 3.63) is 53.1 Å². The van der Waals surface area contributed by atoms with Crippen LogP contribution in [0.15, 0.2) is 47.5 Å². The smallest absolute Gasteiger partial charge is 0.209 e. The lowest BCUT2D eigenvalue weighted by molar-refractivity contribution is -0.437. The number of para-hydroxylation sites is 1. The van der Waals surface area contributed by atoms with Crippen molar-refractivity contribution in [2.45, 2.75) is 39.5 Å². The number of thioether (sulfide) groups is 1. The molecule has 128 valence electrons. The van der Waals surface area contributed by atoms with Crippen LogP contribution in [0.5, 0.6) is 0 Å². The van der Waals surface area contributed by atoms with Crippen LogP contribution >= 0.6 is 11.8 Å². The SMILES string of the molecule is CCC[N+]1=C(/C=C/C=C2\SCCN2CC)C(C)(C)c2ccccc21. The fourth-order valence-electron chi connectivity index (χ4n) is 3.76. The summed E-state index contributed by atoms with van der Waals surface area (Å²) in [5.74, 6) is 1.21. The molecule has 3 heteroatoms. The Morgan fingerprint density at radius 2 is 2.04 bits per heavy atom. The van der Waals surface area contributed by atoms with Crippen LogP contribution in [0.3, 0.4) is 0 Å². The van der Waals surface area contributed by atoms with E-state index in [-0.39, 0.29) is 5.41 Å². The van der Waals surface area contributed by atoms with E-state index in [2.05, 4.69) is 79.7 Å². The summed E-state index contributed by atoms with van der Waals surface area (Å²) in [6.07, 6.45) is 8.02. The van der Waals surface area contributed by atoms with Gasteiger partial charge < -0.3 is 4.90 Å². The largest absolute Gasteiger partial charge is 0.366 e. The monoisotopic (exact) mass is 341 g/mol. The number of rotatable bonds is 5. The summed E-state index contributed by atoms with van der Waals surface area (Å²) in [6, 6.07) is 8.86. The van der Waals surface area contributed by atoms with Crippen molar-refractivity contribution in [3.8, 4) is 0 Å². The molecule has 0 amide bonds. The first-order valence-electron chi connectivity index (χ1n) is 9.10. The van der Waals surface area contributed by atoms with Crippen LogP contribution < -0.4 is 0 Å². The van der Waals surface area contributed by atoms with Gasteiger partial charge in [0.05, 0.1) is 10.4 Å². The molecule has 1 fully saturated rings. The van der Waals surface area contributed by atoms with Crippen molar-refractivity contribution < 1.29 is 4.58 Å². The Bertz CT molecular complexity index is 698. The Morgan fingerprint density at radius 3 is 2.79 bits per heavy atom. The zero-order chi connectivity index (χ0) is 17.2. The first-order valence-corrected chi connectivity index (χ1v) is 10.1. The van der Waals surface area contributed by atoms with Gasteiger partial charge in [0.1, 0.15) is 6.54 Å². The number of allylic oxidation sites excluding steroid dienone is 3. The van der Waals surface area contributed by atoms with E-state index in [4.69, 9.17) is 0 Å². The maximum Gasteiger partial charge on any atom is 0.209 e. The Kier molecular flexibility index (Phi) is 5.19. The number of benzene rings is 1. The normalized spacial score (nSPS) is 21.3. The van der Waals surface area contributed by atoms with E-state index >= 15 is 0 Å². The summed E-state index contributed by atoms with van der Waals surface area (Å²) in [5, 5.41) is 1.41. The highest BCUT2D eigenvalue weighted by Gasteiger charge is 2.43. The van der Waals surface area contributed by atoms with Crippen LogP contribution in [0.1, 0.15) is 39.7 Å². The van der Waals surface area contributed by atoms with Crippen LogP contribution in [0, 0.1) is 0 Å². The summed E-state index contributed by atoms with van der Waals surface area (Å²) < 4.78 is 2.50. The van der Waals surface area contributed by atoms with E-state index in [1.54, 1.807) is 0 Å². The molecule has 0 saturated carbocycles. The quantitative estimate of drug-likeness (QED) is 0.700. The van der Waals surface area contributed by atoms with Crippen molar-refractivity contribution in [1.82, 2.24) is 4.90 Å². The van der Waals surface area contributed by atoms with Gasteiger partial charge in [-0.25, -0.2) is 0 Å². The number of hydrogen-bond donors (Lipinski definition) is 0. The molecule has 2 heterocycles. The van der Waals surface area contributed by atoms with Gasteiger partial charge in [-0.15, -0.1) is 11.8 Å². The average Bonchev–Trinajstić information content (AvgIpc) is 3.11. The molecular weight excluding hydrogens is 312 g/mol. The van der Waals surface area contributed by atoms with Crippen LogP contribution in [0.25, 0.3) is 0 Å². The first-order chi connectivity index (χ1) is 11.6. The molecule has 0 aromatic heterocycles. The maximum atomic E-state index is 2.50. The minimum absolute atomic E-state index is 0.0635. The molecule has 2 aliphatic heterocycles.